The van der Waals surface area contributed by atoms with Crippen LogP contribution in [0.5, 0.6) is 0 Å². The van der Waals surface area contributed by atoms with Crippen LogP contribution in [-0.2, 0) is 0 Å². The first-order chi connectivity index (χ1) is 5.40. The lowest BCUT2D eigenvalue weighted by atomic mass is 9.80. The summed E-state index contributed by atoms with van der Waals surface area (Å²) >= 11 is 0. The van der Waals surface area contributed by atoms with Gasteiger partial charge in [-0.1, -0.05) is 0 Å². The predicted octanol–water partition coefficient (Wildman–Crippen LogP) is 1.21. The van der Waals surface area contributed by atoms with Crippen molar-refractivity contribution >= 4 is 18.6 Å². The highest BCUT2D eigenvalue weighted by Crippen LogP contribution is 2.30. The van der Waals surface area contributed by atoms with Crippen LogP contribution in [0.1, 0.15) is 12.8 Å². The first-order valence-electron chi connectivity index (χ1n) is 4.30. The van der Waals surface area contributed by atoms with Crippen molar-refractivity contribution < 1.29 is 5.21 Å². The molecule has 0 radical (unpaired) electrons. The average molecular weight is 191 g/mol. The fourth-order valence-corrected chi connectivity index (χ4v) is 2.27. The van der Waals surface area contributed by atoms with Crippen LogP contribution < -0.4 is 0 Å². The molecule has 0 aromatic heterocycles. The molecule has 2 bridgehead atoms. The van der Waals surface area contributed by atoms with Gasteiger partial charge in [0, 0.05) is 18.7 Å². The van der Waals surface area contributed by atoms with Crippen LogP contribution in [-0.4, -0.2) is 36.0 Å². The molecule has 0 aromatic rings. The average Bonchev–Trinajstić information content (AvgIpc) is 2.07. The topological polar surface area (TPSA) is 35.8 Å². The highest BCUT2D eigenvalue weighted by Gasteiger charge is 2.32. The Kier molecular flexibility index (Phi) is 3.35. The number of piperidine rings is 3. The lowest BCUT2D eigenvalue weighted by Gasteiger charge is -2.43. The third-order valence-electron chi connectivity index (χ3n) is 2.96. The molecule has 1 N–H and O–H groups in total. The normalized spacial score (nSPS) is 39.8. The second-order valence-electron chi connectivity index (χ2n) is 3.57. The number of rotatable bonds is 1. The molecule has 12 heavy (non-hydrogen) atoms. The summed E-state index contributed by atoms with van der Waals surface area (Å²) in [5, 5.41) is 11.5. The molecule has 0 spiro atoms. The molecule has 1 unspecified atom stereocenters. The summed E-state index contributed by atoms with van der Waals surface area (Å²) in [4.78, 5) is 2.45. The lowest BCUT2D eigenvalue weighted by Crippen LogP contribution is -2.47. The van der Waals surface area contributed by atoms with Crippen molar-refractivity contribution in [1.29, 1.82) is 0 Å². The molecule has 0 amide bonds. The van der Waals surface area contributed by atoms with E-state index in [1.54, 1.807) is 6.21 Å². The Hall–Kier alpha value is -0.280. The maximum absolute atomic E-state index is 8.40. The van der Waals surface area contributed by atoms with Crippen LogP contribution in [0.2, 0.25) is 0 Å². The van der Waals surface area contributed by atoms with E-state index in [-0.39, 0.29) is 12.4 Å². The summed E-state index contributed by atoms with van der Waals surface area (Å²) in [5.74, 6) is 1.30. The van der Waals surface area contributed by atoms with Gasteiger partial charge in [-0.2, -0.15) is 0 Å². The molecule has 70 valence electrons. The molecule has 3 aliphatic rings. The summed E-state index contributed by atoms with van der Waals surface area (Å²) in [6.45, 7) is 3.61. The van der Waals surface area contributed by atoms with Gasteiger partial charge in [0.05, 0.1) is 0 Å². The molecule has 0 aromatic carbocycles. The number of hydrogen-bond donors (Lipinski definition) is 1. The van der Waals surface area contributed by atoms with E-state index in [0.29, 0.717) is 5.92 Å². The molecule has 3 saturated heterocycles. The zero-order valence-electron chi connectivity index (χ0n) is 7.02. The summed E-state index contributed by atoms with van der Waals surface area (Å²) in [7, 11) is 0. The highest BCUT2D eigenvalue weighted by molar-refractivity contribution is 5.85. The van der Waals surface area contributed by atoms with E-state index in [1.807, 2.05) is 0 Å². The smallest absolute Gasteiger partial charge is 0.0482 e. The largest absolute Gasteiger partial charge is 0.411 e. The van der Waals surface area contributed by atoms with E-state index in [1.165, 1.54) is 25.9 Å². The number of nitrogens with zero attached hydrogens (tertiary/aromatic N) is 2. The van der Waals surface area contributed by atoms with Crippen molar-refractivity contribution in [2.75, 3.05) is 19.6 Å². The van der Waals surface area contributed by atoms with Crippen LogP contribution in [0, 0.1) is 11.8 Å². The number of oxime groups is 1. The van der Waals surface area contributed by atoms with Gasteiger partial charge in [0.15, 0.2) is 0 Å². The SMILES string of the molecule is Cl.ON=CC1CN2CCC1CC2. The van der Waals surface area contributed by atoms with Crippen LogP contribution in [0.25, 0.3) is 0 Å². The minimum absolute atomic E-state index is 0. The summed E-state index contributed by atoms with van der Waals surface area (Å²) < 4.78 is 0. The fourth-order valence-electron chi connectivity index (χ4n) is 2.27. The van der Waals surface area contributed by atoms with Crippen LogP contribution in [0.15, 0.2) is 5.16 Å². The van der Waals surface area contributed by atoms with Crippen molar-refractivity contribution in [3.8, 4) is 0 Å². The van der Waals surface area contributed by atoms with Crippen molar-refractivity contribution in [2.45, 2.75) is 12.8 Å². The summed E-state index contributed by atoms with van der Waals surface area (Å²) in [6, 6.07) is 0. The second kappa shape index (κ2) is 4.10. The van der Waals surface area contributed by atoms with Crippen LogP contribution in [0.3, 0.4) is 0 Å². The van der Waals surface area contributed by atoms with E-state index >= 15 is 0 Å². The van der Waals surface area contributed by atoms with E-state index in [4.69, 9.17) is 5.21 Å². The predicted molar refractivity (Wildman–Crippen MR) is 50.2 cm³/mol. The van der Waals surface area contributed by atoms with Crippen LogP contribution in [0.4, 0.5) is 0 Å². The molecular weight excluding hydrogens is 176 g/mol. The molecule has 3 heterocycles. The maximum atomic E-state index is 8.40. The standard InChI is InChI=1S/C8H14N2O.ClH/c11-9-5-8-6-10-3-1-7(8)2-4-10;/h5,7-8,11H,1-4,6H2;1H. The van der Waals surface area contributed by atoms with Crippen LogP contribution >= 0.6 is 12.4 Å². The van der Waals surface area contributed by atoms with Gasteiger partial charge < -0.3 is 10.1 Å². The Bertz CT molecular complexity index is 166. The minimum Gasteiger partial charge on any atom is -0.411 e. The number of halogens is 1. The molecule has 3 fully saturated rings. The molecule has 0 aliphatic carbocycles. The quantitative estimate of drug-likeness (QED) is 0.383. The van der Waals surface area contributed by atoms with Crippen molar-refractivity contribution in [2.24, 2.45) is 17.0 Å². The lowest BCUT2D eigenvalue weighted by molar-refractivity contribution is 0.0827. The van der Waals surface area contributed by atoms with Crippen molar-refractivity contribution in [3.63, 3.8) is 0 Å². The maximum Gasteiger partial charge on any atom is 0.0482 e. The fraction of sp³-hybridized carbons (Fsp3) is 0.875. The van der Waals surface area contributed by atoms with E-state index in [9.17, 15) is 0 Å². The van der Waals surface area contributed by atoms with Gasteiger partial charge >= 0.3 is 0 Å². The third kappa shape index (κ3) is 1.72. The van der Waals surface area contributed by atoms with Gasteiger partial charge in [0.1, 0.15) is 0 Å². The van der Waals surface area contributed by atoms with E-state index in [2.05, 4.69) is 10.1 Å². The molecule has 4 heteroatoms. The highest BCUT2D eigenvalue weighted by atomic mass is 35.5. The Morgan fingerprint density at radius 2 is 2.00 bits per heavy atom. The third-order valence-corrected chi connectivity index (χ3v) is 2.96. The van der Waals surface area contributed by atoms with E-state index < -0.39 is 0 Å². The molecule has 3 aliphatic heterocycles. The molecule has 1 atom stereocenters. The zero-order chi connectivity index (χ0) is 7.68. The second-order valence-corrected chi connectivity index (χ2v) is 3.57. The first kappa shape index (κ1) is 9.81. The molecule has 3 rings (SSSR count). The van der Waals surface area contributed by atoms with Gasteiger partial charge in [-0.3, -0.25) is 0 Å². The van der Waals surface area contributed by atoms with Gasteiger partial charge in [0.25, 0.3) is 0 Å². The van der Waals surface area contributed by atoms with E-state index in [0.717, 1.165) is 12.5 Å². The Labute approximate surface area is 78.8 Å². The number of hydrogen-bond acceptors (Lipinski definition) is 3. The Morgan fingerprint density at radius 1 is 1.33 bits per heavy atom. The van der Waals surface area contributed by atoms with Gasteiger partial charge in [-0.15, -0.1) is 17.6 Å². The Morgan fingerprint density at radius 3 is 2.42 bits per heavy atom. The van der Waals surface area contributed by atoms with Crippen molar-refractivity contribution in [3.05, 3.63) is 0 Å². The summed E-state index contributed by atoms with van der Waals surface area (Å²) in [5.41, 5.74) is 0. The van der Waals surface area contributed by atoms with Gasteiger partial charge in [0.2, 0.25) is 0 Å². The van der Waals surface area contributed by atoms with Gasteiger partial charge in [-0.25, -0.2) is 0 Å². The zero-order valence-corrected chi connectivity index (χ0v) is 7.83. The number of fused-ring (bicyclic) bond motifs is 3. The van der Waals surface area contributed by atoms with Gasteiger partial charge in [-0.05, 0) is 31.8 Å². The summed E-state index contributed by atoms with van der Waals surface area (Å²) in [6.07, 6.45) is 4.28. The molecular formula is C8H15ClN2O. The molecule has 0 saturated carbocycles. The van der Waals surface area contributed by atoms with Crippen molar-refractivity contribution in [1.82, 2.24) is 4.90 Å². The monoisotopic (exact) mass is 190 g/mol. The molecule has 3 nitrogen and oxygen atoms in total. The first-order valence-corrected chi connectivity index (χ1v) is 4.30. The Balaban J connectivity index is 0.000000720. The minimum atomic E-state index is 0.